The highest BCUT2D eigenvalue weighted by Gasteiger charge is 2.16. The molecule has 0 fully saturated rings. The highest BCUT2D eigenvalue weighted by molar-refractivity contribution is 5.29. The minimum Gasteiger partial charge on any atom is -0.494 e. The Morgan fingerprint density at radius 1 is 1.16 bits per heavy atom. The Bertz CT molecular complexity index is 348. The van der Waals surface area contributed by atoms with Gasteiger partial charge in [0.25, 0.3) is 0 Å². The summed E-state index contributed by atoms with van der Waals surface area (Å²) in [6.07, 6.45) is 0.791. The molecule has 0 aromatic heterocycles. The lowest BCUT2D eigenvalue weighted by Crippen LogP contribution is -2.36. The summed E-state index contributed by atoms with van der Waals surface area (Å²) >= 11 is 0. The van der Waals surface area contributed by atoms with E-state index >= 15 is 0 Å². The summed E-state index contributed by atoms with van der Waals surface area (Å²) in [5.74, 6) is 1.42. The molecule has 0 heterocycles. The van der Waals surface area contributed by atoms with E-state index in [2.05, 4.69) is 38.2 Å². The predicted octanol–water partition coefficient (Wildman–Crippen LogP) is 3.14. The monoisotopic (exact) mass is 265 g/mol. The van der Waals surface area contributed by atoms with Crippen molar-refractivity contribution in [2.45, 2.75) is 46.2 Å². The van der Waals surface area contributed by atoms with Crippen molar-refractivity contribution >= 4 is 0 Å². The van der Waals surface area contributed by atoms with Crippen molar-refractivity contribution in [1.29, 1.82) is 0 Å². The van der Waals surface area contributed by atoms with Crippen molar-refractivity contribution in [3.8, 4) is 5.75 Å². The van der Waals surface area contributed by atoms with Crippen LogP contribution in [-0.2, 0) is 0 Å². The minimum atomic E-state index is 0.228. The molecule has 3 nitrogen and oxygen atoms in total. The molecular formula is C16H27NO2. The lowest BCUT2D eigenvalue weighted by molar-refractivity contribution is 0.237. The van der Waals surface area contributed by atoms with Gasteiger partial charge < -0.3 is 15.2 Å². The summed E-state index contributed by atoms with van der Waals surface area (Å²) in [6.45, 7) is 9.42. The molecule has 1 rings (SSSR count). The van der Waals surface area contributed by atoms with E-state index in [1.54, 1.807) is 0 Å². The molecule has 0 aliphatic heterocycles. The molecule has 19 heavy (non-hydrogen) atoms. The summed E-state index contributed by atoms with van der Waals surface area (Å²) in [6, 6.07) is 8.82. The van der Waals surface area contributed by atoms with Crippen molar-refractivity contribution in [2.24, 2.45) is 5.92 Å². The van der Waals surface area contributed by atoms with E-state index < -0.39 is 0 Å². The first kappa shape index (κ1) is 16.0. The number of ether oxygens (including phenoxy) is 1. The van der Waals surface area contributed by atoms with Gasteiger partial charge >= 0.3 is 0 Å². The third-order valence-corrected chi connectivity index (χ3v) is 3.40. The molecule has 0 amide bonds. The molecule has 0 aliphatic carbocycles. The summed E-state index contributed by atoms with van der Waals surface area (Å²) in [5, 5.41) is 12.7. The Labute approximate surface area is 117 Å². The molecule has 3 heteroatoms. The molecule has 0 saturated carbocycles. The van der Waals surface area contributed by atoms with Gasteiger partial charge in [-0.25, -0.2) is 0 Å². The molecule has 0 spiro atoms. The van der Waals surface area contributed by atoms with Crippen molar-refractivity contribution in [1.82, 2.24) is 5.32 Å². The van der Waals surface area contributed by atoms with E-state index in [1.165, 1.54) is 5.56 Å². The fourth-order valence-corrected chi connectivity index (χ4v) is 2.18. The van der Waals surface area contributed by atoms with Crippen molar-refractivity contribution in [3.63, 3.8) is 0 Å². The normalized spacial score (nSPS) is 14.4. The van der Waals surface area contributed by atoms with E-state index in [-0.39, 0.29) is 12.6 Å². The number of hydrogen-bond donors (Lipinski definition) is 2. The SMILES string of the molecule is CCOc1ccc(C(C)NC(CCO)C(C)C)cc1. The van der Waals surface area contributed by atoms with Gasteiger partial charge in [0, 0.05) is 18.7 Å². The van der Waals surface area contributed by atoms with Crippen LogP contribution in [0, 0.1) is 5.92 Å². The third kappa shape index (κ3) is 5.21. The van der Waals surface area contributed by atoms with Gasteiger partial charge in [0.1, 0.15) is 5.75 Å². The zero-order valence-corrected chi connectivity index (χ0v) is 12.5. The number of benzene rings is 1. The van der Waals surface area contributed by atoms with Crippen LogP contribution in [-0.4, -0.2) is 24.4 Å². The van der Waals surface area contributed by atoms with Gasteiger partial charge in [-0.3, -0.25) is 0 Å². The van der Waals surface area contributed by atoms with E-state index in [9.17, 15) is 0 Å². The van der Waals surface area contributed by atoms with Gasteiger partial charge in [-0.2, -0.15) is 0 Å². The highest BCUT2D eigenvalue weighted by atomic mass is 16.5. The topological polar surface area (TPSA) is 41.5 Å². The molecule has 2 atom stereocenters. The van der Waals surface area contributed by atoms with Gasteiger partial charge in [0.15, 0.2) is 0 Å². The highest BCUT2D eigenvalue weighted by Crippen LogP contribution is 2.19. The van der Waals surface area contributed by atoms with E-state index in [4.69, 9.17) is 9.84 Å². The van der Waals surface area contributed by atoms with Crippen molar-refractivity contribution in [3.05, 3.63) is 29.8 Å². The van der Waals surface area contributed by atoms with Crippen LogP contribution in [0.1, 0.15) is 45.7 Å². The van der Waals surface area contributed by atoms with Crippen molar-refractivity contribution < 1.29 is 9.84 Å². The maximum Gasteiger partial charge on any atom is 0.119 e. The molecule has 0 aliphatic rings. The Hall–Kier alpha value is -1.06. The molecule has 2 unspecified atom stereocenters. The van der Waals surface area contributed by atoms with Crippen LogP contribution < -0.4 is 10.1 Å². The standard InChI is InChI=1S/C16H27NO2/c1-5-19-15-8-6-14(7-9-15)13(4)17-16(10-11-18)12(2)3/h6-9,12-13,16-18H,5,10-11H2,1-4H3. The summed E-state index contributed by atoms with van der Waals surface area (Å²) in [5.41, 5.74) is 1.24. The van der Waals surface area contributed by atoms with E-state index in [1.807, 2.05) is 19.1 Å². The molecule has 1 aromatic rings. The number of hydrogen-bond acceptors (Lipinski definition) is 3. The number of rotatable bonds is 8. The number of aliphatic hydroxyl groups is 1. The summed E-state index contributed by atoms with van der Waals surface area (Å²) in [7, 11) is 0. The fraction of sp³-hybridized carbons (Fsp3) is 0.625. The molecule has 0 radical (unpaired) electrons. The third-order valence-electron chi connectivity index (χ3n) is 3.40. The summed E-state index contributed by atoms with van der Waals surface area (Å²) < 4.78 is 5.45. The maximum atomic E-state index is 9.11. The number of nitrogens with one attached hydrogen (secondary N) is 1. The van der Waals surface area contributed by atoms with Gasteiger partial charge in [0.2, 0.25) is 0 Å². The minimum absolute atomic E-state index is 0.228. The summed E-state index contributed by atoms with van der Waals surface area (Å²) in [4.78, 5) is 0. The first-order valence-electron chi connectivity index (χ1n) is 7.18. The smallest absolute Gasteiger partial charge is 0.119 e. The molecule has 2 N–H and O–H groups in total. The second kappa shape index (κ2) is 8.18. The second-order valence-electron chi connectivity index (χ2n) is 5.25. The lowest BCUT2D eigenvalue weighted by Gasteiger charge is -2.26. The second-order valence-corrected chi connectivity index (χ2v) is 5.25. The van der Waals surface area contributed by atoms with Gasteiger partial charge in [0.05, 0.1) is 6.61 Å². The Kier molecular flexibility index (Phi) is 6.89. The van der Waals surface area contributed by atoms with Gasteiger partial charge in [-0.15, -0.1) is 0 Å². The zero-order valence-electron chi connectivity index (χ0n) is 12.5. The number of aliphatic hydroxyl groups excluding tert-OH is 1. The first-order valence-corrected chi connectivity index (χ1v) is 7.18. The van der Waals surface area contributed by atoms with Crippen LogP contribution in [0.25, 0.3) is 0 Å². The Morgan fingerprint density at radius 3 is 2.26 bits per heavy atom. The quantitative estimate of drug-likeness (QED) is 0.758. The molecular weight excluding hydrogens is 238 g/mol. The van der Waals surface area contributed by atoms with E-state index in [0.29, 0.717) is 18.6 Å². The lowest BCUT2D eigenvalue weighted by atomic mass is 9.98. The maximum absolute atomic E-state index is 9.11. The van der Waals surface area contributed by atoms with Crippen LogP contribution in [0.15, 0.2) is 24.3 Å². The van der Waals surface area contributed by atoms with Crippen LogP contribution >= 0.6 is 0 Å². The average molecular weight is 265 g/mol. The Balaban J connectivity index is 2.63. The zero-order chi connectivity index (χ0) is 14.3. The van der Waals surface area contributed by atoms with Gasteiger partial charge in [-0.1, -0.05) is 26.0 Å². The first-order chi connectivity index (χ1) is 9.08. The van der Waals surface area contributed by atoms with Gasteiger partial charge in [-0.05, 0) is 43.9 Å². The van der Waals surface area contributed by atoms with E-state index in [0.717, 1.165) is 12.2 Å². The predicted molar refractivity (Wildman–Crippen MR) is 79.5 cm³/mol. The molecule has 1 aromatic carbocycles. The Morgan fingerprint density at radius 2 is 1.79 bits per heavy atom. The van der Waals surface area contributed by atoms with Crippen LogP contribution in [0.4, 0.5) is 0 Å². The molecule has 0 bridgehead atoms. The molecule has 108 valence electrons. The largest absolute Gasteiger partial charge is 0.494 e. The fourth-order valence-electron chi connectivity index (χ4n) is 2.18. The van der Waals surface area contributed by atoms with Crippen LogP contribution in [0.5, 0.6) is 5.75 Å². The molecule has 0 saturated heterocycles. The van der Waals surface area contributed by atoms with Crippen LogP contribution in [0.2, 0.25) is 0 Å². The van der Waals surface area contributed by atoms with Crippen LogP contribution in [0.3, 0.4) is 0 Å². The average Bonchev–Trinajstić information content (AvgIpc) is 2.39. The van der Waals surface area contributed by atoms with Crippen molar-refractivity contribution in [2.75, 3.05) is 13.2 Å².